The van der Waals surface area contributed by atoms with Crippen molar-refractivity contribution in [2.75, 3.05) is 6.54 Å². The Morgan fingerprint density at radius 1 is 1.09 bits per heavy atom. The van der Waals surface area contributed by atoms with E-state index in [0.717, 1.165) is 15.4 Å². The molecule has 3 aromatic rings. The number of sulfonamides is 1. The molecule has 0 aliphatic carbocycles. The summed E-state index contributed by atoms with van der Waals surface area (Å²) in [5.41, 5.74) is 4.52. The zero-order chi connectivity index (χ0) is 23.1. The van der Waals surface area contributed by atoms with E-state index < -0.39 is 22.5 Å². The van der Waals surface area contributed by atoms with Crippen LogP contribution in [0, 0.1) is 6.92 Å². The van der Waals surface area contributed by atoms with Gasteiger partial charge in [-0.15, -0.1) is 0 Å². The summed E-state index contributed by atoms with van der Waals surface area (Å²) in [6.07, 6.45) is 4.62. The first kappa shape index (κ1) is 23.9. The third-order valence-corrected chi connectivity index (χ3v) is 6.84. The van der Waals surface area contributed by atoms with Crippen LogP contribution >= 0.6 is 23.2 Å². The molecular formula is C22H20Cl2N4O3S. The van der Waals surface area contributed by atoms with E-state index in [2.05, 4.69) is 15.5 Å². The number of rotatable bonds is 8. The van der Waals surface area contributed by atoms with Gasteiger partial charge in [0.1, 0.15) is 0 Å². The molecule has 0 aliphatic rings. The molecule has 0 saturated carbocycles. The number of carbonyl (C=O) groups excluding carboxylic acids is 1. The Labute approximate surface area is 196 Å². The van der Waals surface area contributed by atoms with E-state index in [9.17, 15) is 13.2 Å². The Balaban J connectivity index is 1.83. The van der Waals surface area contributed by atoms with Crippen LogP contribution in [-0.4, -0.2) is 36.4 Å². The summed E-state index contributed by atoms with van der Waals surface area (Å²) in [5, 5.41) is 4.61. The molecule has 32 heavy (non-hydrogen) atoms. The van der Waals surface area contributed by atoms with Gasteiger partial charge >= 0.3 is 0 Å². The minimum atomic E-state index is -3.99. The van der Waals surface area contributed by atoms with E-state index in [4.69, 9.17) is 23.2 Å². The van der Waals surface area contributed by atoms with Gasteiger partial charge in [-0.1, -0.05) is 47.0 Å². The van der Waals surface area contributed by atoms with Gasteiger partial charge in [0, 0.05) is 29.0 Å². The zero-order valence-electron chi connectivity index (χ0n) is 17.1. The van der Waals surface area contributed by atoms with Crippen LogP contribution in [0.25, 0.3) is 0 Å². The Morgan fingerprint density at radius 2 is 1.78 bits per heavy atom. The van der Waals surface area contributed by atoms with Crippen LogP contribution in [-0.2, 0) is 21.4 Å². The van der Waals surface area contributed by atoms with E-state index in [1.54, 1.807) is 48.8 Å². The average Bonchev–Trinajstić information content (AvgIpc) is 2.76. The number of nitrogens with one attached hydrogen (secondary N) is 1. The van der Waals surface area contributed by atoms with E-state index in [0.29, 0.717) is 15.6 Å². The first-order valence-corrected chi connectivity index (χ1v) is 11.7. The smallest absolute Gasteiger partial charge is 0.255 e. The highest BCUT2D eigenvalue weighted by Crippen LogP contribution is 2.25. The van der Waals surface area contributed by atoms with Crippen molar-refractivity contribution in [2.24, 2.45) is 5.10 Å². The van der Waals surface area contributed by atoms with Crippen molar-refractivity contribution in [3.63, 3.8) is 0 Å². The maximum atomic E-state index is 13.3. The van der Waals surface area contributed by atoms with E-state index in [-0.39, 0.29) is 11.4 Å². The molecule has 1 amide bonds. The summed E-state index contributed by atoms with van der Waals surface area (Å²) in [6, 6.07) is 14.6. The molecule has 0 spiro atoms. The predicted octanol–water partition coefficient (Wildman–Crippen LogP) is 4.04. The quantitative estimate of drug-likeness (QED) is 0.380. The molecular weight excluding hydrogens is 471 g/mol. The van der Waals surface area contributed by atoms with Gasteiger partial charge in [-0.3, -0.25) is 9.78 Å². The summed E-state index contributed by atoms with van der Waals surface area (Å²) >= 11 is 12.2. The zero-order valence-corrected chi connectivity index (χ0v) is 19.4. The molecule has 7 nitrogen and oxygen atoms in total. The number of hydrazone groups is 1. The second-order valence-corrected chi connectivity index (χ2v) is 9.68. The second kappa shape index (κ2) is 10.7. The first-order valence-electron chi connectivity index (χ1n) is 9.48. The molecule has 3 rings (SSSR count). The van der Waals surface area contributed by atoms with E-state index >= 15 is 0 Å². The monoisotopic (exact) mass is 490 g/mol. The van der Waals surface area contributed by atoms with Crippen molar-refractivity contribution in [2.45, 2.75) is 18.4 Å². The summed E-state index contributed by atoms with van der Waals surface area (Å²) in [7, 11) is -3.99. The highest BCUT2D eigenvalue weighted by molar-refractivity contribution is 7.89. The number of aromatic nitrogens is 1. The number of aryl methyl sites for hydroxylation is 1. The summed E-state index contributed by atoms with van der Waals surface area (Å²) in [6.45, 7) is 1.28. The minimum Gasteiger partial charge on any atom is -0.272 e. The van der Waals surface area contributed by atoms with Gasteiger partial charge in [-0.05, 0) is 54.4 Å². The lowest BCUT2D eigenvalue weighted by atomic mass is 10.2. The number of benzene rings is 2. The summed E-state index contributed by atoms with van der Waals surface area (Å²) in [4.78, 5) is 16.5. The van der Waals surface area contributed by atoms with E-state index in [1.165, 1.54) is 24.4 Å². The fraction of sp³-hybridized carbons (Fsp3) is 0.136. The van der Waals surface area contributed by atoms with Gasteiger partial charge in [0.2, 0.25) is 10.0 Å². The Kier molecular flexibility index (Phi) is 7.98. The largest absolute Gasteiger partial charge is 0.272 e. The van der Waals surface area contributed by atoms with Crippen LogP contribution in [0.2, 0.25) is 10.0 Å². The minimum absolute atomic E-state index is 0.0706. The van der Waals surface area contributed by atoms with Crippen LogP contribution in [0.4, 0.5) is 0 Å². The lowest BCUT2D eigenvalue weighted by Crippen LogP contribution is -2.39. The SMILES string of the molecule is Cc1ccc(S(=O)(=O)N(CC(=O)N/N=C\c2ccncc2)Cc2ccc(Cl)cc2Cl)cc1. The van der Waals surface area contributed by atoms with Crippen molar-refractivity contribution in [1.29, 1.82) is 0 Å². The molecule has 0 unspecified atom stereocenters. The Morgan fingerprint density at radius 3 is 2.44 bits per heavy atom. The average molecular weight is 491 g/mol. The van der Waals surface area contributed by atoms with Crippen molar-refractivity contribution in [3.8, 4) is 0 Å². The normalized spacial score (nSPS) is 11.8. The van der Waals surface area contributed by atoms with Gasteiger partial charge in [0.25, 0.3) is 5.91 Å². The number of hydrogen-bond acceptors (Lipinski definition) is 5. The summed E-state index contributed by atoms with van der Waals surface area (Å²) < 4.78 is 27.6. The molecule has 166 valence electrons. The molecule has 0 bridgehead atoms. The predicted molar refractivity (Wildman–Crippen MR) is 125 cm³/mol. The molecule has 1 aromatic heterocycles. The maximum Gasteiger partial charge on any atom is 0.255 e. The van der Waals surface area contributed by atoms with Crippen molar-refractivity contribution < 1.29 is 13.2 Å². The number of amides is 1. The lowest BCUT2D eigenvalue weighted by Gasteiger charge is -2.22. The standard InChI is InChI=1S/C22H20Cl2N4O3S/c1-16-2-6-20(7-3-16)32(30,31)28(14-18-4-5-19(23)12-21(18)24)15-22(29)27-26-13-17-8-10-25-11-9-17/h2-13H,14-15H2,1H3,(H,27,29)/b26-13-. The van der Waals surface area contributed by atoms with Gasteiger partial charge in [0.15, 0.2) is 0 Å². The van der Waals surface area contributed by atoms with Crippen LogP contribution in [0.3, 0.4) is 0 Å². The number of halogens is 2. The van der Waals surface area contributed by atoms with Crippen LogP contribution in [0.5, 0.6) is 0 Å². The number of carbonyl (C=O) groups is 1. The first-order chi connectivity index (χ1) is 15.3. The third-order valence-electron chi connectivity index (χ3n) is 4.45. The molecule has 0 radical (unpaired) electrons. The highest BCUT2D eigenvalue weighted by Gasteiger charge is 2.27. The molecule has 1 N–H and O–H groups in total. The van der Waals surface area contributed by atoms with E-state index in [1.807, 2.05) is 6.92 Å². The highest BCUT2D eigenvalue weighted by atomic mass is 35.5. The lowest BCUT2D eigenvalue weighted by molar-refractivity contribution is -0.121. The molecule has 1 heterocycles. The molecule has 0 aliphatic heterocycles. The number of hydrogen-bond donors (Lipinski definition) is 1. The van der Waals surface area contributed by atoms with Gasteiger partial charge in [-0.2, -0.15) is 9.41 Å². The fourth-order valence-electron chi connectivity index (χ4n) is 2.75. The van der Waals surface area contributed by atoms with Gasteiger partial charge < -0.3 is 0 Å². The molecule has 2 aromatic carbocycles. The van der Waals surface area contributed by atoms with Gasteiger partial charge in [-0.25, -0.2) is 13.8 Å². The van der Waals surface area contributed by atoms with Crippen molar-refractivity contribution in [1.82, 2.24) is 14.7 Å². The van der Waals surface area contributed by atoms with Crippen molar-refractivity contribution in [3.05, 3.63) is 93.7 Å². The maximum absolute atomic E-state index is 13.3. The molecule has 10 heteroatoms. The van der Waals surface area contributed by atoms with Crippen LogP contribution in [0.1, 0.15) is 16.7 Å². The summed E-state index contributed by atoms with van der Waals surface area (Å²) in [5.74, 6) is -0.601. The molecule has 0 saturated heterocycles. The molecule has 0 fully saturated rings. The van der Waals surface area contributed by atoms with Gasteiger partial charge in [0.05, 0.1) is 17.7 Å². The van der Waals surface area contributed by atoms with Crippen molar-refractivity contribution >= 4 is 45.3 Å². The number of pyridine rings is 1. The Bertz CT molecular complexity index is 1220. The number of nitrogens with zero attached hydrogens (tertiary/aromatic N) is 3. The van der Waals surface area contributed by atoms with Crippen LogP contribution in [0.15, 0.2) is 77.0 Å². The second-order valence-electron chi connectivity index (χ2n) is 6.90. The van der Waals surface area contributed by atoms with Crippen LogP contribution < -0.4 is 5.43 Å². The Hall–Kier alpha value is -2.78. The topological polar surface area (TPSA) is 91.7 Å². The fourth-order valence-corrected chi connectivity index (χ4v) is 4.59. The molecule has 0 atom stereocenters. The third kappa shape index (κ3) is 6.37.